The Morgan fingerprint density at radius 2 is 1.64 bits per heavy atom. The van der Waals surface area contributed by atoms with Crippen LogP contribution < -0.4 is 21.2 Å². The van der Waals surface area contributed by atoms with Gasteiger partial charge >= 0.3 is 27.4 Å². The van der Waals surface area contributed by atoms with Crippen LogP contribution in [-0.2, 0) is 0 Å². The van der Waals surface area contributed by atoms with Gasteiger partial charge in [0, 0.05) is 0 Å². The van der Waals surface area contributed by atoms with Gasteiger partial charge < -0.3 is 0 Å². The van der Waals surface area contributed by atoms with Crippen LogP contribution >= 0.6 is 0 Å². The van der Waals surface area contributed by atoms with Crippen molar-refractivity contribution in [2.24, 2.45) is 0 Å². The number of rotatable bonds is 2. The van der Waals surface area contributed by atoms with Crippen molar-refractivity contribution in [3.05, 3.63) is 43.8 Å². The first kappa shape index (κ1) is 11.5. The van der Waals surface area contributed by atoms with Gasteiger partial charge in [-0.2, -0.15) is 13.2 Å². The van der Waals surface area contributed by atoms with Crippen LogP contribution in [0.25, 0.3) is 0 Å². The second kappa shape index (κ2) is 4.29. The van der Waals surface area contributed by atoms with Crippen LogP contribution in [0, 0.1) is 9.39 Å². The molecule has 0 saturated carbocycles. The Hall–Kier alpha value is -0.590. The fraction of sp³-hybridized carbons (Fsp3) is 0.111. The molecular weight excluding hydrogens is 311 g/mol. The Labute approximate surface area is 88.9 Å². The van der Waals surface area contributed by atoms with E-state index in [9.17, 15) is 17.6 Å². The number of benzene rings is 1. The maximum absolute atomic E-state index is 12.4. The molecule has 0 unspecified atom stereocenters. The molecule has 0 spiro atoms. The standard InChI is InChI=1S/C9H6F4I/c1-6(9(11,12)13)14-8-4-2-7(10)3-5-8/h2-5H,1H2/q+1. The summed E-state index contributed by atoms with van der Waals surface area (Å²) >= 11 is -1.32. The second-order valence-electron chi connectivity index (χ2n) is 2.43. The third-order valence-electron chi connectivity index (χ3n) is 1.33. The fourth-order valence-electron chi connectivity index (χ4n) is 0.678. The van der Waals surface area contributed by atoms with Gasteiger partial charge in [-0.3, -0.25) is 0 Å². The van der Waals surface area contributed by atoms with Crippen molar-refractivity contribution in [1.29, 1.82) is 0 Å². The maximum Gasteiger partial charge on any atom is 0.459 e. The van der Waals surface area contributed by atoms with Crippen molar-refractivity contribution in [1.82, 2.24) is 0 Å². The van der Waals surface area contributed by atoms with Crippen LogP contribution in [0.2, 0.25) is 0 Å². The van der Waals surface area contributed by atoms with Gasteiger partial charge in [-0.1, -0.05) is 0 Å². The van der Waals surface area contributed by atoms with Crippen molar-refractivity contribution in [2.45, 2.75) is 6.18 Å². The normalized spacial score (nSPS) is 11.4. The molecule has 1 aromatic carbocycles. The molecule has 0 aliphatic rings. The molecule has 14 heavy (non-hydrogen) atoms. The monoisotopic (exact) mass is 317 g/mol. The van der Waals surface area contributed by atoms with E-state index in [-0.39, 0.29) is 0 Å². The molecule has 0 fully saturated rings. The van der Waals surface area contributed by atoms with E-state index in [0.717, 1.165) is 12.1 Å². The van der Waals surface area contributed by atoms with Gasteiger partial charge in [0.05, 0.1) is 0 Å². The third kappa shape index (κ3) is 3.28. The van der Waals surface area contributed by atoms with E-state index in [1.165, 1.54) is 12.1 Å². The van der Waals surface area contributed by atoms with Crippen LogP contribution in [0.15, 0.2) is 34.4 Å². The Morgan fingerprint density at radius 3 is 2.07 bits per heavy atom. The lowest BCUT2D eigenvalue weighted by atomic mass is 10.4. The molecule has 0 aromatic heterocycles. The predicted molar refractivity (Wildman–Crippen MR) is 40.3 cm³/mol. The summed E-state index contributed by atoms with van der Waals surface area (Å²) in [7, 11) is 0. The minimum absolute atomic E-state index is 0.449. The van der Waals surface area contributed by atoms with Crippen LogP contribution in [0.4, 0.5) is 17.6 Å². The molecule has 0 saturated heterocycles. The highest BCUT2D eigenvalue weighted by Crippen LogP contribution is 2.17. The zero-order valence-corrected chi connectivity index (χ0v) is 9.06. The minimum Gasteiger partial charge on any atom is -0.207 e. The lowest BCUT2D eigenvalue weighted by Gasteiger charge is -1.97. The summed E-state index contributed by atoms with van der Waals surface area (Å²) in [4.78, 5) is 0. The van der Waals surface area contributed by atoms with Crippen molar-refractivity contribution >= 4 is 0 Å². The Morgan fingerprint density at radius 1 is 1.14 bits per heavy atom. The fourth-order valence-corrected chi connectivity index (χ4v) is 2.45. The van der Waals surface area contributed by atoms with Crippen LogP contribution in [0.1, 0.15) is 0 Å². The van der Waals surface area contributed by atoms with Crippen LogP contribution in [0.3, 0.4) is 0 Å². The molecule has 1 aromatic rings. The highest BCUT2D eigenvalue weighted by atomic mass is 127. The van der Waals surface area contributed by atoms with Gasteiger partial charge in [0.1, 0.15) is 5.82 Å². The zero-order chi connectivity index (χ0) is 10.8. The average Bonchev–Trinajstić information content (AvgIpc) is 2.07. The quantitative estimate of drug-likeness (QED) is 0.539. The summed E-state index contributed by atoms with van der Waals surface area (Å²) < 4.78 is 48.4. The number of halogens is 5. The van der Waals surface area contributed by atoms with E-state index in [1.54, 1.807) is 0 Å². The molecule has 5 heteroatoms. The number of hydrogen-bond donors (Lipinski definition) is 0. The number of hydrogen-bond acceptors (Lipinski definition) is 0. The average molecular weight is 317 g/mol. The van der Waals surface area contributed by atoms with E-state index >= 15 is 0 Å². The molecule has 0 aliphatic heterocycles. The highest BCUT2D eigenvalue weighted by molar-refractivity contribution is 5.03. The van der Waals surface area contributed by atoms with E-state index < -0.39 is 36.8 Å². The summed E-state index contributed by atoms with van der Waals surface area (Å²) in [5.74, 6) is -0.449. The topological polar surface area (TPSA) is 0 Å². The molecule has 76 valence electrons. The smallest absolute Gasteiger partial charge is 0.207 e. The van der Waals surface area contributed by atoms with Crippen LogP contribution in [0.5, 0.6) is 0 Å². The molecule has 0 N–H and O–H groups in total. The van der Waals surface area contributed by atoms with Gasteiger partial charge in [-0.25, -0.2) is 4.39 Å². The Balaban J connectivity index is 2.71. The zero-order valence-electron chi connectivity index (χ0n) is 6.91. The molecule has 0 radical (unpaired) electrons. The first-order valence-corrected chi connectivity index (χ1v) is 5.72. The first-order valence-electron chi connectivity index (χ1n) is 3.56. The molecule has 0 heterocycles. The second-order valence-corrected chi connectivity index (χ2v) is 5.52. The molecule has 0 amide bonds. The summed E-state index contributed by atoms with van der Waals surface area (Å²) in [6.45, 7) is 2.97. The molecular formula is C9H6F4I+. The molecule has 0 bridgehead atoms. The van der Waals surface area contributed by atoms with E-state index in [1.807, 2.05) is 0 Å². The Bertz CT molecular complexity index is 326. The number of allylic oxidation sites excluding steroid dienone is 1. The van der Waals surface area contributed by atoms with E-state index in [0.29, 0.717) is 3.57 Å². The summed E-state index contributed by atoms with van der Waals surface area (Å²) in [6.07, 6.45) is -4.33. The summed E-state index contributed by atoms with van der Waals surface area (Å²) in [5, 5.41) is 0. The number of alkyl halides is 3. The molecule has 0 atom stereocenters. The SMILES string of the molecule is C=C([I+]c1ccc(F)cc1)C(F)(F)F. The minimum atomic E-state index is -4.33. The van der Waals surface area contributed by atoms with Gasteiger partial charge in [0.2, 0.25) is 0 Å². The van der Waals surface area contributed by atoms with Crippen molar-refractivity contribution in [3.8, 4) is 0 Å². The van der Waals surface area contributed by atoms with Crippen LogP contribution in [-0.4, -0.2) is 6.18 Å². The van der Waals surface area contributed by atoms with Gasteiger partial charge in [0.15, 0.2) is 3.57 Å². The summed E-state index contributed by atoms with van der Waals surface area (Å²) in [5.41, 5.74) is 0. The van der Waals surface area contributed by atoms with E-state index in [4.69, 9.17) is 0 Å². The molecule has 0 aliphatic carbocycles. The van der Waals surface area contributed by atoms with Gasteiger partial charge in [-0.15, -0.1) is 0 Å². The molecule has 0 nitrogen and oxygen atoms in total. The van der Waals surface area contributed by atoms with Gasteiger partial charge in [-0.05, 0) is 30.8 Å². The lowest BCUT2D eigenvalue weighted by molar-refractivity contribution is -0.597. The largest absolute Gasteiger partial charge is 0.459 e. The van der Waals surface area contributed by atoms with Gasteiger partial charge in [0.25, 0.3) is 3.58 Å². The van der Waals surface area contributed by atoms with Crippen molar-refractivity contribution < 1.29 is 38.8 Å². The Kier molecular flexibility index (Phi) is 3.52. The highest BCUT2D eigenvalue weighted by Gasteiger charge is 2.43. The van der Waals surface area contributed by atoms with E-state index in [2.05, 4.69) is 6.58 Å². The third-order valence-corrected chi connectivity index (χ3v) is 3.94. The molecule has 1 rings (SSSR count). The first-order chi connectivity index (χ1) is 6.39. The van der Waals surface area contributed by atoms with Crippen molar-refractivity contribution in [3.63, 3.8) is 0 Å². The lowest BCUT2D eigenvalue weighted by Crippen LogP contribution is -3.61. The van der Waals surface area contributed by atoms with Crippen molar-refractivity contribution in [2.75, 3.05) is 0 Å². The summed E-state index contributed by atoms with van der Waals surface area (Å²) in [6, 6.07) is 5.02. The predicted octanol–water partition coefficient (Wildman–Crippen LogP) is 0.160. The maximum atomic E-state index is 12.4.